The first kappa shape index (κ1) is 12.1. The van der Waals surface area contributed by atoms with Crippen LogP contribution >= 0.6 is 0 Å². The zero-order chi connectivity index (χ0) is 13.5. The van der Waals surface area contributed by atoms with Crippen molar-refractivity contribution in [1.29, 1.82) is 0 Å². The zero-order valence-corrected chi connectivity index (χ0v) is 11.6. The molecule has 1 aliphatic heterocycles. The van der Waals surface area contributed by atoms with Gasteiger partial charge in [-0.1, -0.05) is 30.7 Å². The number of benzene rings is 1. The lowest BCUT2D eigenvalue weighted by Gasteiger charge is -2.29. The quantitative estimate of drug-likeness (QED) is 0.861. The molecule has 2 aliphatic rings. The van der Waals surface area contributed by atoms with Crippen molar-refractivity contribution in [2.45, 2.75) is 25.3 Å². The van der Waals surface area contributed by atoms with Crippen LogP contribution in [-0.4, -0.2) is 29.3 Å². The van der Waals surface area contributed by atoms with Gasteiger partial charge in [0.15, 0.2) is 5.82 Å². The summed E-state index contributed by atoms with van der Waals surface area (Å²) in [4.78, 5) is 2.40. The van der Waals surface area contributed by atoms with Crippen LogP contribution in [0.5, 0.6) is 0 Å². The van der Waals surface area contributed by atoms with E-state index in [1.807, 2.05) is 12.3 Å². The Balaban J connectivity index is 1.70. The van der Waals surface area contributed by atoms with Crippen molar-refractivity contribution in [2.24, 2.45) is 17.6 Å². The second kappa shape index (κ2) is 4.70. The van der Waals surface area contributed by atoms with Gasteiger partial charge in [-0.15, -0.1) is 5.10 Å². The molecule has 2 heterocycles. The summed E-state index contributed by atoms with van der Waals surface area (Å²) in [6.07, 6.45) is 5.61. The van der Waals surface area contributed by atoms with Crippen LogP contribution in [0.4, 0.5) is 5.82 Å². The van der Waals surface area contributed by atoms with Gasteiger partial charge in [0.2, 0.25) is 0 Å². The second-order valence-corrected chi connectivity index (χ2v) is 6.18. The van der Waals surface area contributed by atoms with E-state index in [-0.39, 0.29) is 0 Å². The molecule has 2 aromatic rings. The highest BCUT2D eigenvalue weighted by molar-refractivity contribution is 5.91. The maximum atomic E-state index is 6.31. The van der Waals surface area contributed by atoms with Gasteiger partial charge in [0.1, 0.15) is 0 Å². The van der Waals surface area contributed by atoms with Gasteiger partial charge in [0, 0.05) is 29.9 Å². The topological polar surface area (TPSA) is 55.0 Å². The van der Waals surface area contributed by atoms with Crippen molar-refractivity contribution in [3.63, 3.8) is 0 Å². The maximum absolute atomic E-state index is 6.31. The first-order valence-corrected chi connectivity index (χ1v) is 7.54. The lowest BCUT2D eigenvalue weighted by atomic mass is 9.78. The van der Waals surface area contributed by atoms with E-state index in [0.717, 1.165) is 30.2 Å². The minimum absolute atomic E-state index is 0.363. The molecule has 20 heavy (non-hydrogen) atoms. The van der Waals surface area contributed by atoms with Gasteiger partial charge in [-0.2, -0.15) is 5.10 Å². The Morgan fingerprint density at radius 2 is 2.05 bits per heavy atom. The number of fused-ring (bicyclic) bond motifs is 2. The number of hydrogen-bond donors (Lipinski definition) is 1. The van der Waals surface area contributed by atoms with Crippen molar-refractivity contribution in [3.8, 4) is 0 Å². The Morgan fingerprint density at radius 3 is 2.95 bits per heavy atom. The molecule has 2 fully saturated rings. The Bertz CT molecular complexity index is 621. The molecular weight excluding hydrogens is 248 g/mol. The molecule has 3 unspecified atom stereocenters. The molecule has 3 atom stereocenters. The molecule has 104 valence electrons. The minimum Gasteiger partial charge on any atom is -0.354 e. The molecule has 2 N–H and O–H groups in total. The molecule has 1 aromatic carbocycles. The Hall–Kier alpha value is -1.68. The van der Waals surface area contributed by atoms with Crippen molar-refractivity contribution in [1.82, 2.24) is 10.2 Å². The number of rotatable bonds is 1. The van der Waals surface area contributed by atoms with Gasteiger partial charge in [-0.25, -0.2) is 0 Å². The highest BCUT2D eigenvalue weighted by atomic mass is 15.3. The van der Waals surface area contributed by atoms with Crippen LogP contribution in [0.25, 0.3) is 10.8 Å². The van der Waals surface area contributed by atoms with Crippen molar-refractivity contribution in [3.05, 3.63) is 30.5 Å². The molecule has 0 amide bonds. The van der Waals surface area contributed by atoms with E-state index in [1.165, 1.54) is 24.6 Å². The van der Waals surface area contributed by atoms with Gasteiger partial charge in [-0.3, -0.25) is 0 Å². The van der Waals surface area contributed by atoms with E-state index in [4.69, 9.17) is 5.73 Å². The third-order valence-corrected chi connectivity index (χ3v) is 5.00. The van der Waals surface area contributed by atoms with Gasteiger partial charge in [-0.05, 0) is 24.7 Å². The molecule has 0 radical (unpaired) electrons. The summed E-state index contributed by atoms with van der Waals surface area (Å²) >= 11 is 0. The fraction of sp³-hybridized carbons (Fsp3) is 0.500. The molecule has 1 aliphatic carbocycles. The number of hydrogen-bond acceptors (Lipinski definition) is 4. The average molecular weight is 268 g/mol. The summed E-state index contributed by atoms with van der Waals surface area (Å²) in [6.45, 7) is 2.12. The van der Waals surface area contributed by atoms with Crippen LogP contribution in [0.15, 0.2) is 30.5 Å². The zero-order valence-electron chi connectivity index (χ0n) is 11.6. The second-order valence-electron chi connectivity index (χ2n) is 6.18. The summed E-state index contributed by atoms with van der Waals surface area (Å²) in [7, 11) is 0. The predicted molar refractivity (Wildman–Crippen MR) is 80.6 cm³/mol. The molecular formula is C16H20N4. The van der Waals surface area contributed by atoms with E-state index >= 15 is 0 Å². The summed E-state index contributed by atoms with van der Waals surface area (Å²) in [5.74, 6) is 2.40. The summed E-state index contributed by atoms with van der Waals surface area (Å²) in [6, 6.07) is 8.72. The van der Waals surface area contributed by atoms with Crippen molar-refractivity contribution in [2.75, 3.05) is 18.0 Å². The van der Waals surface area contributed by atoms with E-state index in [0.29, 0.717) is 12.0 Å². The highest BCUT2D eigenvalue weighted by Crippen LogP contribution is 2.38. The average Bonchev–Trinajstić information content (AvgIpc) is 2.92. The summed E-state index contributed by atoms with van der Waals surface area (Å²) < 4.78 is 0. The van der Waals surface area contributed by atoms with Crippen LogP contribution < -0.4 is 10.6 Å². The van der Waals surface area contributed by atoms with Crippen LogP contribution in [0.1, 0.15) is 19.3 Å². The van der Waals surface area contributed by atoms with E-state index in [9.17, 15) is 0 Å². The number of nitrogens with two attached hydrogens (primary N) is 1. The van der Waals surface area contributed by atoms with Crippen LogP contribution in [0.2, 0.25) is 0 Å². The maximum Gasteiger partial charge on any atom is 0.159 e. The molecule has 0 bridgehead atoms. The summed E-state index contributed by atoms with van der Waals surface area (Å²) in [5.41, 5.74) is 6.31. The Kier molecular flexibility index (Phi) is 2.84. The fourth-order valence-corrected chi connectivity index (χ4v) is 3.94. The molecule has 1 saturated heterocycles. The monoisotopic (exact) mass is 268 g/mol. The van der Waals surface area contributed by atoms with Crippen molar-refractivity contribution < 1.29 is 0 Å². The van der Waals surface area contributed by atoms with E-state index < -0.39 is 0 Å². The largest absolute Gasteiger partial charge is 0.354 e. The first-order chi connectivity index (χ1) is 9.83. The standard InChI is InChI=1S/C16H20N4/c17-15-7-3-5-12-9-20(10-14(12)15)16-13-6-2-1-4-11(13)8-18-19-16/h1-2,4,6,8,12,14-15H,3,5,7,9-10,17H2. The Labute approximate surface area is 119 Å². The van der Waals surface area contributed by atoms with Crippen molar-refractivity contribution >= 4 is 16.6 Å². The van der Waals surface area contributed by atoms with E-state index in [2.05, 4.69) is 33.3 Å². The molecule has 4 heteroatoms. The van der Waals surface area contributed by atoms with Gasteiger partial charge >= 0.3 is 0 Å². The summed E-state index contributed by atoms with van der Waals surface area (Å²) in [5, 5.41) is 10.9. The number of anilines is 1. The number of aromatic nitrogens is 2. The SMILES string of the molecule is NC1CCCC2CN(c3nncc4ccccc34)CC12. The molecule has 1 aromatic heterocycles. The third-order valence-electron chi connectivity index (χ3n) is 5.00. The molecule has 1 saturated carbocycles. The normalized spacial score (nSPS) is 29.6. The number of nitrogens with zero attached hydrogens (tertiary/aromatic N) is 3. The Morgan fingerprint density at radius 1 is 1.15 bits per heavy atom. The third kappa shape index (κ3) is 1.86. The van der Waals surface area contributed by atoms with Crippen LogP contribution in [-0.2, 0) is 0 Å². The fourth-order valence-electron chi connectivity index (χ4n) is 3.94. The van der Waals surface area contributed by atoms with E-state index in [1.54, 1.807) is 0 Å². The van der Waals surface area contributed by atoms with Crippen LogP contribution in [0, 0.1) is 11.8 Å². The van der Waals surface area contributed by atoms with Gasteiger partial charge in [0.05, 0.1) is 6.20 Å². The lowest BCUT2D eigenvalue weighted by Crippen LogP contribution is -2.38. The smallest absolute Gasteiger partial charge is 0.159 e. The lowest BCUT2D eigenvalue weighted by molar-refractivity contribution is 0.260. The highest BCUT2D eigenvalue weighted by Gasteiger charge is 2.39. The molecule has 4 nitrogen and oxygen atoms in total. The minimum atomic E-state index is 0.363. The first-order valence-electron chi connectivity index (χ1n) is 7.54. The predicted octanol–water partition coefficient (Wildman–Crippen LogP) is 2.19. The van der Waals surface area contributed by atoms with Gasteiger partial charge in [0.25, 0.3) is 0 Å². The molecule has 0 spiro atoms. The molecule has 4 rings (SSSR count). The van der Waals surface area contributed by atoms with Gasteiger partial charge < -0.3 is 10.6 Å². The van der Waals surface area contributed by atoms with Crippen LogP contribution in [0.3, 0.4) is 0 Å².